The van der Waals surface area contributed by atoms with Crippen molar-refractivity contribution in [1.29, 1.82) is 0 Å². The van der Waals surface area contributed by atoms with Gasteiger partial charge >= 0.3 is 5.97 Å². The van der Waals surface area contributed by atoms with Crippen LogP contribution < -0.4 is 0 Å². The lowest BCUT2D eigenvalue weighted by Crippen LogP contribution is -2.65. The first kappa shape index (κ1) is 36.0. The molecule has 4 unspecified atom stereocenters. The summed E-state index contributed by atoms with van der Waals surface area (Å²) in [7, 11) is -3.02. The molecule has 0 aromatic heterocycles. The second kappa shape index (κ2) is 12.1. The van der Waals surface area contributed by atoms with Crippen molar-refractivity contribution in [3.63, 3.8) is 0 Å². The van der Waals surface area contributed by atoms with Crippen molar-refractivity contribution in [2.24, 2.45) is 56.7 Å². The number of hydrogen-bond donors (Lipinski definition) is 1. The van der Waals surface area contributed by atoms with Crippen LogP contribution in [0.25, 0.3) is 5.57 Å². The van der Waals surface area contributed by atoms with Gasteiger partial charge in [0.05, 0.1) is 17.1 Å². The number of carbonyl (C=O) groups excluding carboxylic acids is 1. The Labute approximate surface area is 301 Å². The van der Waals surface area contributed by atoms with E-state index in [2.05, 4.69) is 54.2 Å². The molecule has 274 valence electrons. The van der Waals surface area contributed by atoms with Gasteiger partial charge in [-0.15, -0.1) is 0 Å². The van der Waals surface area contributed by atoms with Gasteiger partial charge in [0, 0.05) is 19.5 Å². The third kappa shape index (κ3) is 5.32. The van der Waals surface area contributed by atoms with Gasteiger partial charge < -0.3 is 10.0 Å². The number of hydrogen-bond acceptors (Lipinski definition) is 4. The van der Waals surface area contributed by atoms with Gasteiger partial charge in [-0.3, -0.25) is 4.79 Å². The summed E-state index contributed by atoms with van der Waals surface area (Å²) >= 11 is 0. The predicted molar refractivity (Wildman–Crippen MR) is 200 cm³/mol. The molecule has 7 heteroatoms. The number of aromatic carboxylic acids is 1. The van der Waals surface area contributed by atoms with E-state index < -0.39 is 15.8 Å². The number of allylic oxidation sites excluding steroid dienone is 3. The molecule has 50 heavy (non-hydrogen) atoms. The standard InChI is InChI=1S/C43H61NO5S/c1-28(2)31-14-20-43(21-17-36(45)44-24-26-50(48,49)27-25-44)23-22-41(6)33(37(31)43)12-13-35-40(5)18-15-32(29-8-10-30(11-9-29)38(46)47)39(3,4)34(40)16-19-42(35,41)7/h8-11,15,31,33-35,37H,1,12-14,16-27H2,2-7H3,(H,46,47)/t31-,33?,34?,35?,37?,40-,41+,42+,43-/m0/s1. The molecule has 1 amide bonds. The normalized spacial score (nSPS) is 41.5. The Morgan fingerprint density at radius 3 is 2.20 bits per heavy atom. The summed E-state index contributed by atoms with van der Waals surface area (Å²) in [6.45, 7) is 20.3. The molecular weight excluding hydrogens is 643 g/mol. The summed E-state index contributed by atoms with van der Waals surface area (Å²) in [6, 6.07) is 7.53. The molecule has 6 nitrogen and oxygen atoms in total. The third-order valence-electron chi connectivity index (χ3n) is 16.8. The van der Waals surface area contributed by atoms with Crippen molar-refractivity contribution >= 4 is 27.3 Å². The highest BCUT2D eigenvalue weighted by Crippen LogP contribution is 2.78. The van der Waals surface area contributed by atoms with Crippen molar-refractivity contribution in [2.45, 2.75) is 112 Å². The fourth-order valence-electron chi connectivity index (χ4n) is 14.1. The molecule has 0 radical (unpaired) electrons. The number of fused-ring (bicyclic) bond motifs is 7. The highest BCUT2D eigenvalue weighted by Gasteiger charge is 2.70. The van der Waals surface area contributed by atoms with Crippen LogP contribution in [0, 0.1) is 56.7 Å². The topological polar surface area (TPSA) is 91.8 Å². The summed E-state index contributed by atoms with van der Waals surface area (Å²) < 4.78 is 24.1. The number of benzene rings is 1. The molecular formula is C43H61NO5S. The second-order valence-corrected chi connectivity index (χ2v) is 21.3. The van der Waals surface area contributed by atoms with Crippen LogP contribution in [0.15, 0.2) is 42.5 Å². The van der Waals surface area contributed by atoms with Crippen LogP contribution in [0.5, 0.6) is 0 Å². The maximum Gasteiger partial charge on any atom is 0.335 e. The molecule has 7 rings (SSSR count). The van der Waals surface area contributed by atoms with Gasteiger partial charge in [-0.1, -0.05) is 65.0 Å². The summed E-state index contributed by atoms with van der Waals surface area (Å²) in [5, 5.41) is 9.48. The van der Waals surface area contributed by atoms with Gasteiger partial charge in [0.1, 0.15) is 0 Å². The Morgan fingerprint density at radius 1 is 0.880 bits per heavy atom. The lowest BCUT2D eigenvalue weighted by atomic mass is 9.32. The van der Waals surface area contributed by atoms with Gasteiger partial charge in [0.2, 0.25) is 5.91 Å². The molecule has 5 fully saturated rings. The molecule has 1 aliphatic heterocycles. The van der Waals surface area contributed by atoms with Crippen LogP contribution >= 0.6 is 0 Å². The van der Waals surface area contributed by atoms with Gasteiger partial charge in [-0.05, 0) is 151 Å². The molecule has 0 bridgehead atoms. The van der Waals surface area contributed by atoms with E-state index in [0.717, 1.165) is 18.4 Å². The van der Waals surface area contributed by atoms with Gasteiger partial charge in [-0.2, -0.15) is 0 Å². The minimum absolute atomic E-state index is 0.0138. The molecule has 1 aromatic rings. The molecule has 9 atom stereocenters. The Bertz CT molecular complexity index is 1700. The van der Waals surface area contributed by atoms with E-state index in [1.165, 1.54) is 62.5 Å². The van der Waals surface area contributed by atoms with Crippen molar-refractivity contribution in [3.8, 4) is 0 Å². The molecule has 5 aliphatic carbocycles. The predicted octanol–water partition coefficient (Wildman–Crippen LogP) is 9.07. The summed E-state index contributed by atoms with van der Waals surface area (Å²) in [4.78, 5) is 26.9. The highest BCUT2D eigenvalue weighted by molar-refractivity contribution is 7.91. The third-order valence-corrected chi connectivity index (χ3v) is 18.4. The van der Waals surface area contributed by atoms with Crippen molar-refractivity contribution in [3.05, 3.63) is 53.6 Å². The van der Waals surface area contributed by atoms with Gasteiger partial charge in [-0.25, -0.2) is 13.2 Å². The van der Waals surface area contributed by atoms with E-state index in [4.69, 9.17) is 0 Å². The van der Waals surface area contributed by atoms with Crippen LogP contribution in [-0.4, -0.2) is 54.9 Å². The molecule has 4 saturated carbocycles. The van der Waals surface area contributed by atoms with Crippen LogP contribution in [0.3, 0.4) is 0 Å². The Morgan fingerprint density at radius 2 is 1.56 bits per heavy atom. The first-order valence-electron chi connectivity index (χ1n) is 19.6. The van der Waals surface area contributed by atoms with Crippen molar-refractivity contribution < 1.29 is 23.1 Å². The summed E-state index contributed by atoms with van der Waals surface area (Å²) in [5.41, 5.74) is 4.99. The molecule has 6 aliphatic rings. The minimum atomic E-state index is -3.02. The summed E-state index contributed by atoms with van der Waals surface area (Å²) in [6.07, 6.45) is 14.8. The van der Waals surface area contributed by atoms with E-state index in [1.54, 1.807) is 12.1 Å². The smallest absolute Gasteiger partial charge is 0.335 e. The van der Waals surface area contributed by atoms with Crippen LogP contribution in [-0.2, 0) is 14.6 Å². The quantitative estimate of drug-likeness (QED) is 0.299. The highest BCUT2D eigenvalue weighted by atomic mass is 32.2. The fourth-order valence-corrected chi connectivity index (χ4v) is 15.3. The zero-order valence-corrected chi connectivity index (χ0v) is 32.3. The SMILES string of the molecule is C=C(C)[C@@H]1CC[C@]2(CCC(=O)N3CCS(=O)(=O)CC3)CC[C@]3(C)C(CCC4[C@@]5(C)CC=C(c6ccc(C(=O)O)cc6)C(C)(C)C5CC[C@]43C)C12. The molecule has 1 saturated heterocycles. The number of amides is 1. The number of sulfone groups is 1. The average molecular weight is 704 g/mol. The zero-order valence-electron chi connectivity index (χ0n) is 31.5. The first-order valence-corrected chi connectivity index (χ1v) is 21.4. The number of rotatable bonds is 6. The van der Waals surface area contributed by atoms with Crippen LogP contribution in [0.1, 0.15) is 128 Å². The van der Waals surface area contributed by atoms with Crippen molar-refractivity contribution in [2.75, 3.05) is 24.6 Å². The van der Waals surface area contributed by atoms with E-state index in [9.17, 15) is 23.1 Å². The number of carbonyl (C=O) groups is 2. The maximum absolute atomic E-state index is 13.5. The van der Waals surface area contributed by atoms with Crippen LogP contribution in [0.2, 0.25) is 0 Å². The monoisotopic (exact) mass is 703 g/mol. The molecule has 1 N–H and O–H groups in total. The summed E-state index contributed by atoms with van der Waals surface area (Å²) in [5.74, 6) is 2.33. The minimum Gasteiger partial charge on any atom is -0.478 e. The average Bonchev–Trinajstić information content (AvgIpc) is 3.44. The second-order valence-electron chi connectivity index (χ2n) is 19.0. The zero-order chi connectivity index (χ0) is 36.1. The Balaban J connectivity index is 1.16. The molecule has 0 spiro atoms. The van der Waals surface area contributed by atoms with E-state index >= 15 is 0 Å². The largest absolute Gasteiger partial charge is 0.478 e. The maximum atomic E-state index is 13.5. The fraction of sp³-hybridized carbons (Fsp3) is 0.721. The number of carboxylic acid groups (broad SMARTS) is 1. The van der Waals surface area contributed by atoms with Crippen LogP contribution in [0.4, 0.5) is 0 Å². The van der Waals surface area contributed by atoms with E-state index in [1.807, 2.05) is 17.0 Å². The Kier molecular flexibility index (Phi) is 8.68. The number of nitrogens with zero attached hydrogens (tertiary/aromatic N) is 1. The van der Waals surface area contributed by atoms with Gasteiger partial charge in [0.15, 0.2) is 9.84 Å². The molecule has 1 aromatic carbocycles. The lowest BCUT2D eigenvalue weighted by Gasteiger charge is -2.72. The molecule has 1 heterocycles. The Hall–Kier alpha value is -2.41. The first-order chi connectivity index (χ1) is 23.4. The van der Waals surface area contributed by atoms with E-state index in [0.29, 0.717) is 54.7 Å². The van der Waals surface area contributed by atoms with Crippen molar-refractivity contribution in [1.82, 2.24) is 4.90 Å². The van der Waals surface area contributed by atoms with Gasteiger partial charge in [0.25, 0.3) is 0 Å². The van der Waals surface area contributed by atoms with E-state index in [-0.39, 0.29) is 44.5 Å². The lowest BCUT2D eigenvalue weighted by molar-refractivity contribution is -0.226. The number of carboxylic acids is 1.